The summed E-state index contributed by atoms with van der Waals surface area (Å²) in [5.41, 5.74) is 1.59. The number of carboxylic acid groups (broad SMARTS) is 1. The van der Waals surface area contributed by atoms with Gasteiger partial charge in [-0.05, 0) is 87.6 Å². The highest BCUT2D eigenvalue weighted by atomic mass is 79.9. The van der Waals surface area contributed by atoms with Crippen LogP contribution in [0.4, 0.5) is 4.79 Å². The van der Waals surface area contributed by atoms with Gasteiger partial charge in [-0.1, -0.05) is 46.3 Å². The van der Waals surface area contributed by atoms with Gasteiger partial charge in [-0.15, -0.1) is 0 Å². The van der Waals surface area contributed by atoms with Crippen molar-refractivity contribution >= 4 is 37.8 Å². The van der Waals surface area contributed by atoms with E-state index in [-0.39, 0.29) is 30.8 Å². The summed E-state index contributed by atoms with van der Waals surface area (Å²) in [5, 5.41) is 13.2. The molecule has 0 saturated carbocycles. The molecule has 1 heterocycles. The Kier molecular flexibility index (Phi) is 11.1. The third kappa shape index (κ3) is 8.02. The second kappa shape index (κ2) is 14.4. The van der Waals surface area contributed by atoms with Crippen LogP contribution in [0.15, 0.2) is 76.1 Å². The molecule has 2 N–H and O–H groups in total. The normalized spacial score (nSPS) is 17.7. The zero-order chi connectivity index (χ0) is 33.7. The Hall–Kier alpha value is -3.61. The first-order chi connectivity index (χ1) is 21.7. The number of sulfone groups is 1. The number of nitrogens with zero attached hydrogens (tertiary/aromatic N) is 1. The van der Waals surface area contributed by atoms with E-state index < -0.39 is 38.3 Å². The molecule has 4 rings (SSSR count). The van der Waals surface area contributed by atoms with Gasteiger partial charge in [-0.2, -0.15) is 0 Å². The molecular formula is C34H41BrN2O8S. The molecule has 3 aromatic rings. The van der Waals surface area contributed by atoms with Crippen molar-refractivity contribution in [3.05, 3.63) is 76.8 Å². The number of piperidine rings is 1. The topological polar surface area (TPSA) is 131 Å². The molecule has 0 aromatic heterocycles. The molecule has 10 nitrogen and oxygen atoms in total. The molecule has 0 spiro atoms. The standard InChI is InChI=1S/C34H41BrN2O8S/c1-33(2,3)45-32(40)37-19-7-18-34(22-37,46(41,42)26-16-14-25(35)15-17-26)21-36-27(31(38)39)20-23-10-12-24(13-11-23)30-28(43-4)8-6-9-29(30)44-5/h6,8-17,27,36H,7,18-22H2,1-5H3,(H,38,39)/t27-,34?/m0/s1. The van der Waals surface area contributed by atoms with Gasteiger partial charge in [0.1, 0.15) is 27.9 Å². The van der Waals surface area contributed by atoms with Crippen molar-refractivity contribution in [3.8, 4) is 22.6 Å². The minimum atomic E-state index is -4.04. The molecule has 3 aromatic carbocycles. The lowest BCUT2D eigenvalue weighted by molar-refractivity contribution is -0.139. The lowest BCUT2D eigenvalue weighted by atomic mass is 9.95. The van der Waals surface area contributed by atoms with Crippen molar-refractivity contribution in [1.82, 2.24) is 10.2 Å². The fraction of sp³-hybridized carbons (Fsp3) is 0.412. The van der Waals surface area contributed by atoms with Gasteiger partial charge in [0.2, 0.25) is 0 Å². The maximum Gasteiger partial charge on any atom is 0.410 e. The molecule has 0 aliphatic carbocycles. The number of hydrogen-bond donors (Lipinski definition) is 2. The number of carboxylic acids is 1. The third-order valence-corrected chi connectivity index (χ3v) is 11.0. The van der Waals surface area contributed by atoms with E-state index in [1.54, 1.807) is 47.1 Å². The molecule has 1 aliphatic heterocycles. The Morgan fingerprint density at radius 2 is 1.61 bits per heavy atom. The number of benzene rings is 3. The highest BCUT2D eigenvalue weighted by molar-refractivity contribution is 9.10. The summed E-state index contributed by atoms with van der Waals surface area (Å²) in [5.74, 6) is 0.163. The van der Waals surface area contributed by atoms with Crippen LogP contribution < -0.4 is 14.8 Å². The van der Waals surface area contributed by atoms with Crippen LogP contribution in [0.2, 0.25) is 0 Å². The van der Waals surface area contributed by atoms with E-state index in [2.05, 4.69) is 21.2 Å². The predicted molar refractivity (Wildman–Crippen MR) is 179 cm³/mol. The first kappa shape index (κ1) is 35.2. The summed E-state index contributed by atoms with van der Waals surface area (Å²) in [7, 11) is -0.880. The molecule has 1 aliphatic rings. The number of carbonyl (C=O) groups is 2. The summed E-state index contributed by atoms with van der Waals surface area (Å²) < 4.78 is 44.4. The first-order valence-corrected chi connectivity index (χ1v) is 17.2. The van der Waals surface area contributed by atoms with Crippen molar-refractivity contribution in [2.75, 3.05) is 33.9 Å². The number of likely N-dealkylation sites (tertiary alicyclic amines) is 1. The summed E-state index contributed by atoms with van der Waals surface area (Å²) in [6.45, 7) is 5.25. The maximum absolute atomic E-state index is 14.3. The Labute approximate surface area is 279 Å². The molecule has 2 atom stereocenters. The van der Waals surface area contributed by atoms with Crippen molar-refractivity contribution in [2.45, 2.75) is 61.3 Å². The summed E-state index contributed by atoms with van der Waals surface area (Å²) in [6, 6.07) is 18.1. The molecule has 1 unspecified atom stereocenters. The number of aliphatic carboxylic acids is 1. The SMILES string of the molecule is COc1cccc(OC)c1-c1ccc(C[C@H](NCC2(S(=O)(=O)c3ccc(Br)cc3)CCCN(C(=O)OC(C)(C)C)C2)C(=O)O)cc1. The summed E-state index contributed by atoms with van der Waals surface area (Å²) in [6.07, 6.45) is 0.133. The van der Waals surface area contributed by atoms with E-state index in [4.69, 9.17) is 14.2 Å². The van der Waals surface area contributed by atoms with Gasteiger partial charge in [0.25, 0.3) is 0 Å². The molecule has 12 heteroatoms. The molecule has 1 fully saturated rings. The number of methoxy groups -OCH3 is 2. The lowest BCUT2D eigenvalue weighted by Gasteiger charge is -2.43. The Balaban J connectivity index is 1.61. The molecule has 46 heavy (non-hydrogen) atoms. The zero-order valence-electron chi connectivity index (χ0n) is 26.7. The summed E-state index contributed by atoms with van der Waals surface area (Å²) in [4.78, 5) is 27.1. The number of carbonyl (C=O) groups excluding carboxylic acids is 1. The smallest absolute Gasteiger partial charge is 0.410 e. The van der Waals surface area contributed by atoms with Crippen LogP contribution in [0.1, 0.15) is 39.2 Å². The lowest BCUT2D eigenvalue weighted by Crippen LogP contribution is -2.61. The minimum Gasteiger partial charge on any atom is -0.496 e. The first-order valence-electron chi connectivity index (χ1n) is 14.9. The van der Waals surface area contributed by atoms with E-state index in [1.807, 2.05) is 42.5 Å². The van der Waals surface area contributed by atoms with Gasteiger partial charge < -0.3 is 29.5 Å². The van der Waals surface area contributed by atoms with Gasteiger partial charge >= 0.3 is 12.1 Å². The van der Waals surface area contributed by atoms with Crippen LogP contribution in [0, 0.1) is 0 Å². The van der Waals surface area contributed by atoms with Gasteiger partial charge in [-0.25, -0.2) is 13.2 Å². The number of amides is 1. The van der Waals surface area contributed by atoms with Crippen LogP contribution in [-0.2, 0) is 25.8 Å². The number of halogens is 1. The largest absolute Gasteiger partial charge is 0.496 e. The fourth-order valence-corrected chi connectivity index (χ4v) is 7.91. The van der Waals surface area contributed by atoms with Gasteiger partial charge in [0.05, 0.1) is 24.7 Å². The second-order valence-corrected chi connectivity index (χ2v) is 15.6. The monoisotopic (exact) mass is 716 g/mol. The average Bonchev–Trinajstić information content (AvgIpc) is 3.02. The quantitative estimate of drug-likeness (QED) is 0.247. The Morgan fingerprint density at radius 3 is 2.15 bits per heavy atom. The van der Waals surface area contributed by atoms with Crippen molar-refractivity contribution in [2.24, 2.45) is 0 Å². The predicted octanol–water partition coefficient (Wildman–Crippen LogP) is 5.96. The second-order valence-electron chi connectivity index (χ2n) is 12.4. The minimum absolute atomic E-state index is 0.0952. The van der Waals surface area contributed by atoms with E-state index in [1.165, 1.54) is 17.0 Å². The van der Waals surface area contributed by atoms with Crippen LogP contribution in [0.25, 0.3) is 11.1 Å². The van der Waals surface area contributed by atoms with Gasteiger partial charge in [0.15, 0.2) is 9.84 Å². The van der Waals surface area contributed by atoms with E-state index >= 15 is 0 Å². The third-order valence-electron chi connectivity index (χ3n) is 7.96. The molecular weight excluding hydrogens is 676 g/mol. The molecule has 0 bridgehead atoms. The number of ether oxygens (including phenoxy) is 3. The van der Waals surface area contributed by atoms with Crippen molar-refractivity contribution in [3.63, 3.8) is 0 Å². The van der Waals surface area contributed by atoms with Gasteiger partial charge in [0, 0.05) is 24.1 Å². The van der Waals surface area contributed by atoms with Crippen LogP contribution >= 0.6 is 15.9 Å². The fourth-order valence-electron chi connectivity index (χ4n) is 5.64. The Bertz CT molecular complexity index is 1620. The number of rotatable bonds is 11. The molecule has 0 radical (unpaired) electrons. The highest BCUT2D eigenvalue weighted by Crippen LogP contribution is 2.39. The zero-order valence-corrected chi connectivity index (χ0v) is 29.1. The van der Waals surface area contributed by atoms with E-state index in [9.17, 15) is 23.1 Å². The maximum atomic E-state index is 14.3. The van der Waals surface area contributed by atoms with Crippen molar-refractivity contribution in [1.29, 1.82) is 0 Å². The van der Waals surface area contributed by atoms with Gasteiger partial charge in [-0.3, -0.25) is 4.79 Å². The average molecular weight is 718 g/mol. The van der Waals surface area contributed by atoms with E-state index in [0.717, 1.165) is 21.2 Å². The number of hydrogen-bond acceptors (Lipinski definition) is 8. The van der Waals surface area contributed by atoms with Crippen LogP contribution in [0.5, 0.6) is 11.5 Å². The Morgan fingerprint density at radius 1 is 1.00 bits per heavy atom. The van der Waals surface area contributed by atoms with Crippen LogP contribution in [-0.4, -0.2) is 80.7 Å². The number of nitrogens with one attached hydrogen (secondary N) is 1. The van der Waals surface area contributed by atoms with Crippen molar-refractivity contribution < 1.29 is 37.3 Å². The molecule has 1 amide bonds. The summed E-state index contributed by atoms with van der Waals surface area (Å²) >= 11 is 3.35. The van der Waals surface area contributed by atoms with Crippen LogP contribution in [0.3, 0.4) is 0 Å². The molecule has 1 saturated heterocycles. The molecule has 248 valence electrons. The highest BCUT2D eigenvalue weighted by Gasteiger charge is 2.49. The van der Waals surface area contributed by atoms with E-state index in [0.29, 0.717) is 24.5 Å².